The van der Waals surface area contributed by atoms with E-state index in [-0.39, 0.29) is 5.97 Å². The largest absolute Gasteiger partial charge is 0.463 e. The maximum Gasteiger partial charge on any atom is 0.338 e. The molecule has 0 saturated carbocycles. The molecule has 8 heteroatoms. The van der Waals surface area contributed by atoms with E-state index in [1.54, 1.807) is 35.8 Å². The summed E-state index contributed by atoms with van der Waals surface area (Å²) in [5, 5.41) is 8.48. The fourth-order valence-corrected chi connectivity index (χ4v) is 3.39. The molecule has 0 bridgehead atoms. The van der Waals surface area contributed by atoms with Crippen LogP contribution in [-0.2, 0) is 9.53 Å². The molecule has 0 aliphatic carbocycles. The summed E-state index contributed by atoms with van der Waals surface area (Å²) in [6, 6.07) is 3.37. The maximum atomic E-state index is 12.6. The highest BCUT2D eigenvalue weighted by atomic mass is 32.2. The van der Waals surface area contributed by atoms with Gasteiger partial charge in [-0.05, 0) is 31.9 Å². The number of fused-ring (bicyclic) bond motifs is 1. The number of hydrogen-bond acceptors (Lipinski definition) is 7. The van der Waals surface area contributed by atoms with Crippen LogP contribution in [-0.4, -0.2) is 38.1 Å². The van der Waals surface area contributed by atoms with Crippen LogP contribution < -0.4 is 5.32 Å². The van der Waals surface area contributed by atoms with Crippen LogP contribution >= 0.6 is 11.8 Å². The first-order valence-corrected chi connectivity index (χ1v) is 9.28. The van der Waals surface area contributed by atoms with E-state index >= 15 is 0 Å². The molecule has 3 rings (SSSR count). The summed E-state index contributed by atoms with van der Waals surface area (Å²) in [5.74, 6) is 1.21. The smallest absolute Gasteiger partial charge is 0.338 e. The Bertz CT molecular complexity index is 788. The van der Waals surface area contributed by atoms with Crippen molar-refractivity contribution in [2.75, 3.05) is 17.7 Å². The fraction of sp³-hybridized carbons (Fsp3) is 0.412. The molecule has 3 heterocycles. The average Bonchev–Trinajstić information content (AvgIpc) is 3.01. The number of nitrogens with zero attached hydrogens (tertiary/aromatic N) is 4. The van der Waals surface area contributed by atoms with Gasteiger partial charge in [-0.2, -0.15) is 4.98 Å². The highest BCUT2D eigenvalue weighted by Gasteiger charge is 2.35. The molecule has 0 radical (unpaired) electrons. The molecule has 0 spiro atoms. The number of carbonyl (C=O) groups excluding carboxylic acids is 1. The van der Waals surface area contributed by atoms with Gasteiger partial charge >= 0.3 is 5.97 Å². The summed E-state index contributed by atoms with van der Waals surface area (Å²) < 4.78 is 7.01. The molecule has 1 unspecified atom stereocenters. The van der Waals surface area contributed by atoms with Crippen molar-refractivity contribution in [3.05, 3.63) is 41.4 Å². The summed E-state index contributed by atoms with van der Waals surface area (Å²) in [6.45, 7) is 6.08. The van der Waals surface area contributed by atoms with Gasteiger partial charge in [-0.1, -0.05) is 24.8 Å². The number of esters is 1. The lowest BCUT2D eigenvalue weighted by atomic mass is 9.97. The number of anilines is 1. The van der Waals surface area contributed by atoms with Crippen molar-refractivity contribution in [3.63, 3.8) is 0 Å². The third-order valence-electron chi connectivity index (χ3n) is 3.76. The molecule has 132 valence electrons. The van der Waals surface area contributed by atoms with Crippen molar-refractivity contribution in [1.29, 1.82) is 0 Å². The Morgan fingerprint density at radius 1 is 1.44 bits per heavy atom. The molecule has 1 N–H and O–H groups in total. The van der Waals surface area contributed by atoms with Crippen LogP contribution in [0, 0.1) is 0 Å². The van der Waals surface area contributed by atoms with Gasteiger partial charge in [0.05, 0.1) is 12.2 Å². The molecule has 1 atom stereocenters. The molecule has 0 fully saturated rings. The number of ether oxygens (including phenoxy) is 1. The van der Waals surface area contributed by atoms with Crippen LogP contribution in [0.15, 0.2) is 41.0 Å². The second-order valence-corrected chi connectivity index (χ2v) is 6.65. The summed E-state index contributed by atoms with van der Waals surface area (Å²) >= 11 is 1.60. The van der Waals surface area contributed by atoms with Crippen molar-refractivity contribution in [3.8, 4) is 0 Å². The number of aromatic nitrogens is 4. The number of hydrogen-bond donors (Lipinski definition) is 1. The predicted octanol–water partition coefficient (Wildman–Crippen LogP) is 3.03. The first-order valence-electron chi connectivity index (χ1n) is 8.29. The Morgan fingerprint density at radius 2 is 2.28 bits per heavy atom. The molecular formula is C17H21N5O2S. The second-order valence-electron chi connectivity index (χ2n) is 5.58. The molecule has 2 aromatic rings. The van der Waals surface area contributed by atoms with E-state index in [1.165, 1.54) is 0 Å². The minimum atomic E-state index is -0.410. The van der Waals surface area contributed by atoms with Crippen LogP contribution in [0.2, 0.25) is 0 Å². The van der Waals surface area contributed by atoms with E-state index < -0.39 is 6.04 Å². The Balaban J connectivity index is 2.07. The SMILES string of the molecule is CCCSc1nc2n(n1)C(c1cccnc1)C(C(=O)OCC)=C(C)N2. The normalized spacial score (nSPS) is 16.4. The molecule has 0 amide bonds. The lowest BCUT2D eigenvalue weighted by molar-refractivity contribution is -0.139. The van der Waals surface area contributed by atoms with Crippen LogP contribution in [0.5, 0.6) is 0 Å². The first-order chi connectivity index (χ1) is 12.2. The number of nitrogens with one attached hydrogen (secondary N) is 1. The van der Waals surface area contributed by atoms with Gasteiger partial charge in [0.2, 0.25) is 11.1 Å². The molecule has 1 aliphatic rings. The number of pyridine rings is 1. The lowest BCUT2D eigenvalue weighted by Crippen LogP contribution is -2.29. The fourth-order valence-electron chi connectivity index (χ4n) is 2.70. The molecule has 0 saturated heterocycles. The van der Waals surface area contributed by atoms with Gasteiger partial charge in [-0.3, -0.25) is 4.98 Å². The third-order valence-corrected chi connectivity index (χ3v) is 4.81. The Kier molecular flexibility index (Phi) is 5.37. The standard InChI is InChI=1S/C17H21N5O2S/c1-4-9-25-17-20-16-19-11(3)13(15(23)24-5-2)14(22(16)21-17)12-7-6-8-18-10-12/h6-8,10,14H,4-5,9H2,1-3H3,(H,19,20,21). The van der Waals surface area contributed by atoms with E-state index in [2.05, 4.69) is 27.3 Å². The first kappa shape index (κ1) is 17.5. The molecule has 0 aromatic carbocycles. The van der Waals surface area contributed by atoms with E-state index in [0.717, 1.165) is 23.4 Å². The van der Waals surface area contributed by atoms with E-state index in [1.807, 2.05) is 19.1 Å². The molecule has 25 heavy (non-hydrogen) atoms. The van der Waals surface area contributed by atoms with Crippen molar-refractivity contribution < 1.29 is 9.53 Å². The Hall–Kier alpha value is -2.35. The Morgan fingerprint density at radius 3 is 2.96 bits per heavy atom. The quantitative estimate of drug-likeness (QED) is 0.627. The van der Waals surface area contributed by atoms with Crippen molar-refractivity contribution >= 4 is 23.7 Å². The van der Waals surface area contributed by atoms with Crippen molar-refractivity contribution in [2.45, 2.75) is 38.4 Å². The topological polar surface area (TPSA) is 81.9 Å². The summed E-state index contributed by atoms with van der Waals surface area (Å²) in [5.41, 5.74) is 2.11. The highest BCUT2D eigenvalue weighted by Crippen LogP contribution is 2.36. The van der Waals surface area contributed by atoms with E-state index in [9.17, 15) is 4.79 Å². The van der Waals surface area contributed by atoms with Crippen LogP contribution in [0.3, 0.4) is 0 Å². The maximum absolute atomic E-state index is 12.6. The van der Waals surface area contributed by atoms with Crippen LogP contribution in [0.4, 0.5) is 5.95 Å². The number of rotatable bonds is 6. The zero-order valence-corrected chi connectivity index (χ0v) is 15.3. The number of allylic oxidation sites excluding steroid dienone is 1. The predicted molar refractivity (Wildman–Crippen MR) is 96.4 cm³/mol. The average molecular weight is 359 g/mol. The number of carbonyl (C=O) groups is 1. The van der Waals surface area contributed by atoms with E-state index in [4.69, 9.17) is 4.74 Å². The minimum Gasteiger partial charge on any atom is -0.463 e. The molecule has 7 nitrogen and oxygen atoms in total. The summed E-state index contributed by atoms with van der Waals surface area (Å²) in [6.07, 6.45) is 4.49. The molecule has 2 aromatic heterocycles. The highest BCUT2D eigenvalue weighted by molar-refractivity contribution is 7.99. The zero-order chi connectivity index (χ0) is 17.8. The zero-order valence-electron chi connectivity index (χ0n) is 14.5. The minimum absolute atomic E-state index is 0.317. The van der Waals surface area contributed by atoms with Crippen LogP contribution in [0.25, 0.3) is 0 Å². The van der Waals surface area contributed by atoms with Gasteiger partial charge in [0.1, 0.15) is 6.04 Å². The van der Waals surface area contributed by atoms with Gasteiger partial charge in [0.25, 0.3) is 0 Å². The number of thioether (sulfide) groups is 1. The van der Waals surface area contributed by atoms with E-state index in [0.29, 0.717) is 23.3 Å². The van der Waals surface area contributed by atoms with Gasteiger partial charge in [-0.25, -0.2) is 9.48 Å². The van der Waals surface area contributed by atoms with Gasteiger partial charge in [-0.15, -0.1) is 5.10 Å². The monoisotopic (exact) mass is 359 g/mol. The lowest BCUT2D eigenvalue weighted by Gasteiger charge is -2.27. The third kappa shape index (κ3) is 3.53. The summed E-state index contributed by atoms with van der Waals surface area (Å²) in [4.78, 5) is 21.3. The van der Waals surface area contributed by atoms with Gasteiger partial charge in [0, 0.05) is 23.8 Å². The molecular weight excluding hydrogens is 338 g/mol. The van der Waals surface area contributed by atoms with Gasteiger partial charge < -0.3 is 10.1 Å². The Labute approximate surface area is 150 Å². The van der Waals surface area contributed by atoms with Crippen molar-refractivity contribution in [2.24, 2.45) is 0 Å². The van der Waals surface area contributed by atoms with Gasteiger partial charge in [0.15, 0.2) is 0 Å². The van der Waals surface area contributed by atoms with Crippen molar-refractivity contribution in [1.82, 2.24) is 19.7 Å². The van der Waals surface area contributed by atoms with Crippen LogP contribution in [0.1, 0.15) is 38.8 Å². The molecule has 1 aliphatic heterocycles. The second kappa shape index (κ2) is 7.69. The summed E-state index contributed by atoms with van der Waals surface area (Å²) in [7, 11) is 0.